The molecule has 2 fully saturated rings. The van der Waals surface area contributed by atoms with Crippen LogP contribution in [0.4, 0.5) is 0 Å². The Labute approximate surface area is 168 Å². The lowest BCUT2D eigenvalue weighted by molar-refractivity contribution is -0.139. The Balaban J connectivity index is 1.48. The number of aromatic nitrogens is 2. The molecule has 1 amide bonds. The molecule has 0 bridgehead atoms. The Hall–Kier alpha value is -2.01. The molecule has 1 atom stereocenters. The second-order valence-electron chi connectivity index (χ2n) is 8.73. The van der Waals surface area contributed by atoms with Gasteiger partial charge in [-0.05, 0) is 51.3 Å². The summed E-state index contributed by atoms with van der Waals surface area (Å²) in [5.41, 5.74) is 4.32. The van der Waals surface area contributed by atoms with Crippen molar-refractivity contribution >= 4 is 16.9 Å². The Bertz CT molecular complexity index is 852. The van der Waals surface area contributed by atoms with Gasteiger partial charge in [0.1, 0.15) is 0 Å². The molecule has 5 nitrogen and oxygen atoms in total. The van der Waals surface area contributed by atoms with E-state index in [0.717, 1.165) is 74.4 Å². The van der Waals surface area contributed by atoms with Crippen molar-refractivity contribution in [2.45, 2.75) is 58.9 Å². The topological polar surface area (TPSA) is 49.3 Å². The quantitative estimate of drug-likeness (QED) is 0.788. The first-order valence-electron chi connectivity index (χ1n) is 10.8. The molecule has 5 heteroatoms. The zero-order chi connectivity index (χ0) is 19.6. The third kappa shape index (κ3) is 4.04. The Morgan fingerprint density at radius 1 is 1.11 bits per heavy atom. The van der Waals surface area contributed by atoms with Gasteiger partial charge >= 0.3 is 0 Å². The molecule has 0 aliphatic carbocycles. The summed E-state index contributed by atoms with van der Waals surface area (Å²) in [5.74, 6) is 0.354. The predicted octanol–water partition coefficient (Wildman–Crippen LogP) is 3.94. The van der Waals surface area contributed by atoms with Gasteiger partial charge in [-0.15, -0.1) is 0 Å². The minimum Gasteiger partial charge on any atom is -0.342 e. The second-order valence-corrected chi connectivity index (χ2v) is 8.73. The molecule has 2 aliphatic heterocycles. The van der Waals surface area contributed by atoms with Crippen molar-refractivity contribution in [1.82, 2.24) is 19.8 Å². The molecule has 4 rings (SSSR count). The van der Waals surface area contributed by atoms with Crippen molar-refractivity contribution < 1.29 is 4.79 Å². The highest BCUT2D eigenvalue weighted by atomic mass is 16.2. The van der Waals surface area contributed by atoms with E-state index in [1.807, 2.05) is 24.3 Å². The van der Waals surface area contributed by atoms with Crippen LogP contribution < -0.4 is 0 Å². The zero-order valence-electron chi connectivity index (χ0n) is 17.3. The molecular formula is C23H32N4O. The molecule has 1 unspecified atom stereocenters. The molecule has 1 aromatic heterocycles. The number of carbonyl (C=O) groups is 1. The van der Waals surface area contributed by atoms with Crippen LogP contribution in [0, 0.1) is 12.3 Å². The molecule has 2 aromatic rings. The van der Waals surface area contributed by atoms with Gasteiger partial charge in [0.05, 0.1) is 22.4 Å². The molecular weight excluding hydrogens is 348 g/mol. The Morgan fingerprint density at radius 3 is 2.68 bits per heavy atom. The molecule has 2 saturated heterocycles. The number of aryl methyl sites for hydroxylation is 1. The Morgan fingerprint density at radius 2 is 1.89 bits per heavy atom. The number of amides is 1. The molecule has 0 N–H and O–H groups in total. The number of para-hydroxylation sites is 2. The van der Waals surface area contributed by atoms with Crippen LogP contribution in [0.15, 0.2) is 24.3 Å². The average Bonchev–Trinajstić information content (AvgIpc) is 2.70. The number of nitrogens with zero attached hydrogens (tertiary/aromatic N) is 4. The highest BCUT2D eigenvalue weighted by Gasteiger charge is 2.41. The molecule has 1 aromatic carbocycles. The lowest BCUT2D eigenvalue weighted by Gasteiger charge is -2.48. The molecule has 150 valence electrons. The largest absolute Gasteiger partial charge is 0.342 e. The minimum absolute atomic E-state index is 0.262. The second kappa shape index (κ2) is 8.16. The number of carbonyl (C=O) groups excluding carboxylic acids is 1. The van der Waals surface area contributed by atoms with Crippen LogP contribution in [0.5, 0.6) is 0 Å². The average molecular weight is 381 g/mol. The van der Waals surface area contributed by atoms with Crippen molar-refractivity contribution in [2.75, 3.05) is 26.2 Å². The summed E-state index contributed by atoms with van der Waals surface area (Å²) < 4.78 is 0. The van der Waals surface area contributed by atoms with Gasteiger partial charge in [-0.1, -0.05) is 25.5 Å². The van der Waals surface area contributed by atoms with Gasteiger partial charge in [0.2, 0.25) is 5.91 Å². The molecule has 3 heterocycles. The molecule has 0 radical (unpaired) electrons. The van der Waals surface area contributed by atoms with E-state index in [4.69, 9.17) is 9.97 Å². The lowest BCUT2D eigenvalue weighted by Crippen LogP contribution is -2.54. The van der Waals surface area contributed by atoms with Crippen molar-refractivity contribution in [3.8, 4) is 0 Å². The van der Waals surface area contributed by atoms with Crippen LogP contribution in [-0.4, -0.2) is 51.9 Å². The summed E-state index contributed by atoms with van der Waals surface area (Å²) in [4.78, 5) is 26.7. The van der Waals surface area contributed by atoms with Crippen molar-refractivity contribution in [2.24, 2.45) is 5.41 Å². The van der Waals surface area contributed by atoms with Crippen LogP contribution >= 0.6 is 0 Å². The fourth-order valence-electron chi connectivity index (χ4n) is 4.92. The van der Waals surface area contributed by atoms with Gasteiger partial charge < -0.3 is 4.90 Å². The smallest absolute Gasteiger partial charge is 0.222 e. The van der Waals surface area contributed by atoms with Crippen molar-refractivity contribution in [3.05, 3.63) is 35.7 Å². The maximum atomic E-state index is 12.4. The fourth-order valence-corrected chi connectivity index (χ4v) is 4.92. The maximum absolute atomic E-state index is 12.4. The van der Waals surface area contributed by atoms with Crippen LogP contribution in [0.3, 0.4) is 0 Å². The molecule has 2 aliphatic rings. The first-order chi connectivity index (χ1) is 13.6. The van der Waals surface area contributed by atoms with Gasteiger partial charge in [-0.2, -0.15) is 0 Å². The summed E-state index contributed by atoms with van der Waals surface area (Å²) in [6.45, 7) is 9.15. The summed E-state index contributed by atoms with van der Waals surface area (Å²) in [7, 11) is 0. The van der Waals surface area contributed by atoms with E-state index in [-0.39, 0.29) is 5.41 Å². The van der Waals surface area contributed by atoms with E-state index in [0.29, 0.717) is 12.3 Å². The highest BCUT2D eigenvalue weighted by molar-refractivity contribution is 5.77. The fraction of sp³-hybridized carbons (Fsp3) is 0.609. The highest BCUT2D eigenvalue weighted by Crippen LogP contribution is 2.39. The van der Waals surface area contributed by atoms with Crippen LogP contribution in [-0.2, 0) is 11.3 Å². The van der Waals surface area contributed by atoms with Gasteiger partial charge in [0.25, 0.3) is 0 Å². The number of benzene rings is 1. The minimum atomic E-state index is 0.262. The van der Waals surface area contributed by atoms with Gasteiger partial charge in [-0.3, -0.25) is 9.69 Å². The summed E-state index contributed by atoms with van der Waals surface area (Å²) in [5, 5.41) is 0. The SMILES string of the molecule is CCCCN1CC2(CCCN(Cc3nc4ccccc4nc3C)C2)CCC1=O. The Kier molecular flexibility index (Phi) is 5.63. The van der Waals surface area contributed by atoms with Crippen molar-refractivity contribution in [3.63, 3.8) is 0 Å². The van der Waals surface area contributed by atoms with Gasteiger partial charge in [-0.25, -0.2) is 9.97 Å². The van der Waals surface area contributed by atoms with E-state index < -0.39 is 0 Å². The molecule has 28 heavy (non-hydrogen) atoms. The first-order valence-corrected chi connectivity index (χ1v) is 10.8. The standard InChI is InChI=1S/C23H32N4O/c1-3-4-14-27-17-23(12-10-22(27)28)11-7-13-26(16-23)15-21-18(2)24-19-8-5-6-9-20(19)25-21/h5-6,8-9H,3-4,7,10-17H2,1-2H3. The third-order valence-electron chi connectivity index (χ3n) is 6.49. The number of likely N-dealkylation sites (tertiary alicyclic amines) is 2. The number of piperidine rings is 2. The number of hydrogen-bond donors (Lipinski definition) is 0. The van der Waals surface area contributed by atoms with Gasteiger partial charge in [0, 0.05) is 38.0 Å². The maximum Gasteiger partial charge on any atom is 0.222 e. The summed E-state index contributed by atoms with van der Waals surface area (Å²) >= 11 is 0. The molecule has 0 saturated carbocycles. The number of hydrogen-bond acceptors (Lipinski definition) is 4. The van der Waals surface area contributed by atoms with E-state index in [9.17, 15) is 4.79 Å². The first kappa shape index (κ1) is 19.3. The predicted molar refractivity (Wildman–Crippen MR) is 112 cm³/mol. The van der Waals surface area contributed by atoms with Gasteiger partial charge in [0.15, 0.2) is 0 Å². The van der Waals surface area contributed by atoms with E-state index in [1.54, 1.807) is 0 Å². The number of rotatable bonds is 5. The molecule has 1 spiro atoms. The van der Waals surface area contributed by atoms with Crippen LogP contribution in [0.2, 0.25) is 0 Å². The monoisotopic (exact) mass is 380 g/mol. The van der Waals surface area contributed by atoms with Crippen molar-refractivity contribution in [1.29, 1.82) is 0 Å². The van der Waals surface area contributed by atoms with E-state index >= 15 is 0 Å². The van der Waals surface area contributed by atoms with E-state index in [1.165, 1.54) is 12.8 Å². The number of unbranched alkanes of at least 4 members (excludes halogenated alkanes) is 1. The van der Waals surface area contributed by atoms with E-state index in [2.05, 4.69) is 23.6 Å². The van der Waals surface area contributed by atoms with Crippen LogP contribution in [0.1, 0.15) is 56.8 Å². The summed E-state index contributed by atoms with van der Waals surface area (Å²) in [6.07, 6.45) is 6.44. The lowest BCUT2D eigenvalue weighted by atomic mass is 9.73. The number of fused-ring (bicyclic) bond motifs is 1. The third-order valence-corrected chi connectivity index (χ3v) is 6.49. The zero-order valence-corrected chi connectivity index (χ0v) is 17.3. The normalized spacial score (nSPS) is 23.6. The summed E-state index contributed by atoms with van der Waals surface area (Å²) in [6, 6.07) is 8.11. The van der Waals surface area contributed by atoms with Crippen LogP contribution in [0.25, 0.3) is 11.0 Å².